The van der Waals surface area contributed by atoms with Gasteiger partial charge in [0.05, 0.1) is 5.41 Å². The van der Waals surface area contributed by atoms with Crippen LogP contribution in [-0.4, -0.2) is 18.8 Å². The maximum atomic E-state index is 12.8. The smallest absolute Gasteiger partial charge is 0.379 e. The van der Waals surface area contributed by atoms with E-state index in [2.05, 4.69) is 116 Å². The number of fused-ring (bicyclic) bond motifs is 3. The zero-order valence-corrected chi connectivity index (χ0v) is 29.8. The second-order valence-electron chi connectivity index (χ2n) is 12.8. The maximum Gasteiger partial charge on any atom is 0.405 e. The van der Waals surface area contributed by atoms with Gasteiger partial charge in [-0.1, -0.05) is 138 Å². The Kier molecular flexibility index (Phi) is 14.4. The molecule has 3 aromatic carbocycles. The van der Waals surface area contributed by atoms with Crippen LogP contribution in [-0.2, 0) is 5.41 Å². The fraction of sp³-hybridized carbons (Fsp3) is 0.415. The highest BCUT2D eigenvalue weighted by atomic mass is 31.1. The summed E-state index contributed by atoms with van der Waals surface area (Å²) < 4.78 is 38.5. The predicted octanol–water partition coefficient (Wildman–Crippen LogP) is 11.4. The molecule has 0 aromatic heterocycles. The summed E-state index contributed by atoms with van der Waals surface area (Å²) in [5, 5.41) is 11.3. The minimum Gasteiger partial charge on any atom is -0.379 e. The molecule has 3 nitrogen and oxygen atoms in total. The molecule has 258 valence electrons. The van der Waals surface area contributed by atoms with Crippen molar-refractivity contribution in [2.75, 3.05) is 11.9 Å². The van der Waals surface area contributed by atoms with Gasteiger partial charge in [0.1, 0.15) is 6.54 Å². The monoisotopic (exact) mass is 675 g/mol. The SMILES string of the molecule is C=C(NCC(F)(F)F)C1(CCCCC)C2=CC=CCC2c2ccccc21.CCCC(CCC)NPc1ccccc1Nc1ccccc1. The molecular weight excluding hydrogens is 622 g/mol. The molecule has 0 bridgehead atoms. The highest BCUT2D eigenvalue weighted by Crippen LogP contribution is 2.57. The van der Waals surface area contributed by atoms with E-state index in [-0.39, 0.29) is 5.92 Å². The summed E-state index contributed by atoms with van der Waals surface area (Å²) in [4.78, 5) is 0. The lowest BCUT2D eigenvalue weighted by Crippen LogP contribution is -2.39. The number of alkyl halides is 3. The Bertz CT molecular complexity index is 1490. The van der Waals surface area contributed by atoms with Crippen LogP contribution < -0.4 is 21.0 Å². The average molecular weight is 676 g/mol. The van der Waals surface area contributed by atoms with Gasteiger partial charge in [0.15, 0.2) is 0 Å². The van der Waals surface area contributed by atoms with Crippen molar-refractivity contribution in [1.82, 2.24) is 10.4 Å². The lowest BCUT2D eigenvalue weighted by Gasteiger charge is -2.37. The van der Waals surface area contributed by atoms with E-state index in [0.29, 0.717) is 20.5 Å². The van der Waals surface area contributed by atoms with E-state index in [1.807, 2.05) is 24.3 Å². The molecule has 7 heteroatoms. The molecule has 0 spiro atoms. The first-order chi connectivity index (χ1) is 23.2. The number of allylic oxidation sites excluding steroid dienone is 4. The summed E-state index contributed by atoms with van der Waals surface area (Å²) in [6, 6.07) is 27.8. The number of anilines is 2. The van der Waals surface area contributed by atoms with Crippen LogP contribution in [0.1, 0.15) is 95.6 Å². The predicted molar refractivity (Wildman–Crippen MR) is 201 cm³/mol. The number of unbranched alkanes of at least 4 members (excludes halogenated alkanes) is 2. The highest BCUT2D eigenvalue weighted by molar-refractivity contribution is 7.45. The molecule has 3 N–H and O–H groups in total. The summed E-state index contributed by atoms with van der Waals surface area (Å²) in [5.74, 6) is 0.238. The fourth-order valence-corrected chi connectivity index (χ4v) is 8.13. The first-order valence-electron chi connectivity index (χ1n) is 17.6. The van der Waals surface area contributed by atoms with Gasteiger partial charge in [-0.15, -0.1) is 0 Å². The summed E-state index contributed by atoms with van der Waals surface area (Å²) in [5.41, 5.74) is 5.81. The van der Waals surface area contributed by atoms with Gasteiger partial charge in [-0.2, -0.15) is 13.2 Å². The van der Waals surface area contributed by atoms with Gasteiger partial charge >= 0.3 is 6.18 Å². The van der Waals surface area contributed by atoms with Crippen molar-refractivity contribution in [3.05, 3.63) is 126 Å². The van der Waals surface area contributed by atoms with Crippen LogP contribution in [0.25, 0.3) is 0 Å². The molecule has 3 unspecified atom stereocenters. The van der Waals surface area contributed by atoms with E-state index >= 15 is 0 Å². The maximum absolute atomic E-state index is 12.8. The van der Waals surface area contributed by atoms with Crippen LogP contribution in [0.5, 0.6) is 0 Å². The minimum atomic E-state index is -4.26. The van der Waals surface area contributed by atoms with E-state index in [0.717, 1.165) is 43.4 Å². The Hall–Kier alpha value is -3.34. The van der Waals surface area contributed by atoms with Crippen molar-refractivity contribution in [2.45, 2.75) is 102 Å². The van der Waals surface area contributed by atoms with Crippen molar-refractivity contribution >= 4 is 25.4 Å². The Morgan fingerprint density at radius 3 is 2.29 bits per heavy atom. The van der Waals surface area contributed by atoms with E-state index in [1.54, 1.807) is 0 Å². The first kappa shape index (κ1) is 37.5. The first-order valence-corrected chi connectivity index (χ1v) is 18.6. The summed E-state index contributed by atoms with van der Waals surface area (Å²) in [6.07, 6.45) is 11.8. The summed E-state index contributed by atoms with van der Waals surface area (Å²) >= 11 is 0. The molecule has 0 saturated heterocycles. The van der Waals surface area contributed by atoms with Gasteiger partial charge < -0.3 is 10.6 Å². The summed E-state index contributed by atoms with van der Waals surface area (Å²) in [6.45, 7) is 9.72. The second-order valence-corrected chi connectivity index (χ2v) is 13.9. The molecule has 3 atom stereocenters. The number of nitrogens with one attached hydrogen (secondary N) is 3. The zero-order valence-electron chi connectivity index (χ0n) is 28.8. The number of para-hydroxylation sites is 2. The van der Waals surface area contributed by atoms with Crippen LogP contribution >= 0.6 is 8.73 Å². The van der Waals surface area contributed by atoms with Crippen molar-refractivity contribution in [2.24, 2.45) is 0 Å². The van der Waals surface area contributed by atoms with Crippen molar-refractivity contribution in [1.29, 1.82) is 0 Å². The quantitative estimate of drug-likeness (QED) is 0.104. The standard InChI is InChI=1S/C22H26F3N.C19H27N2P/c1-3-4-9-14-21(16(2)26-15-22(23,24)25)19-12-7-5-10-17(19)18-11-6-8-13-20(18)21;1-3-10-17(11-4-2)21-22-19-15-9-8-14-18(19)20-16-12-6-5-7-13-16/h5-8,10,12-13,18,26H,2-4,9,11,14-15H2,1H3;5-9,12-15,17,20-22H,3-4,10-11H2,1-2H3. The molecule has 0 saturated carbocycles. The summed E-state index contributed by atoms with van der Waals surface area (Å²) in [7, 11) is 0.643. The molecule has 0 heterocycles. The van der Waals surface area contributed by atoms with Crippen LogP contribution in [0.3, 0.4) is 0 Å². The largest absolute Gasteiger partial charge is 0.405 e. The van der Waals surface area contributed by atoms with E-state index in [4.69, 9.17) is 0 Å². The molecule has 2 aliphatic rings. The molecule has 0 aliphatic heterocycles. The Morgan fingerprint density at radius 2 is 1.58 bits per heavy atom. The van der Waals surface area contributed by atoms with Gasteiger partial charge in [-0.25, -0.2) is 0 Å². The zero-order chi connectivity index (χ0) is 34.4. The molecule has 48 heavy (non-hydrogen) atoms. The van der Waals surface area contributed by atoms with Crippen molar-refractivity contribution in [3.63, 3.8) is 0 Å². The van der Waals surface area contributed by atoms with Crippen LogP contribution in [0.2, 0.25) is 0 Å². The number of rotatable bonds is 16. The number of halogens is 3. The number of benzene rings is 3. The normalized spacial score (nSPS) is 18.2. The fourth-order valence-electron chi connectivity index (χ4n) is 7.02. The third-order valence-electron chi connectivity index (χ3n) is 9.29. The van der Waals surface area contributed by atoms with Gasteiger partial charge in [0, 0.05) is 34.3 Å². The lowest BCUT2D eigenvalue weighted by molar-refractivity contribution is -0.123. The van der Waals surface area contributed by atoms with E-state index in [9.17, 15) is 13.2 Å². The van der Waals surface area contributed by atoms with Crippen molar-refractivity contribution in [3.8, 4) is 0 Å². The van der Waals surface area contributed by atoms with Crippen LogP contribution in [0.4, 0.5) is 24.5 Å². The highest BCUT2D eigenvalue weighted by Gasteiger charge is 2.49. The van der Waals surface area contributed by atoms with Gasteiger partial charge in [-0.3, -0.25) is 5.09 Å². The Balaban J connectivity index is 0.000000220. The molecule has 2 aliphatic carbocycles. The molecule has 3 aromatic rings. The second kappa shape index (κ2) is 18.4. The van der Waals surface area contributed by atoms with Crippen molar-refractivity contribution < 1.29 is 13.2 Å². The third kappa shape index (κ3) is 9.86. The Morgan fingerprint density at radius 1 is 0.896 bits per heavy atom. The molecule has 0 fully saturated rings. The number of hydrogen-bond acceptors (Lipinski definition) is 3. The molecule has 0 radical (unpaired) electrons. The molecule has 0 amide bonds. The van der Waals surface area contributed by atoms with E-state index in [1.165, 1.54) is 47.8 Å². The third-order valence-corrected chi connectivity index (χ3v) is 10.5. The van der Waals surface area contributed by atoms with E-state index < -0.39 is 18.1 Å². The number of hydrogen-bond donors (Lipinski definition) is 3. The molecule has 5 rings (SSSR count). The van der Waals surface area contributed by atoms with Gasteiger partial charge in [0.2, 0.25) is 0 Å². The molecular formula is C41H53F3N3P. The average Bonchev–Trinajstić information content (AvgIpc) is 3.38. The minimum absolute atomic E-state index is 0.238. The van der Waals surface area contributed by atoms with Crippen LogP contribution in [0.15, 0.2) is 115 Å². The van der Waals surface area contributed by atoms with Gasteiger partial charge in [0.25, 0.3) is 0 Å². The Labute approximate surface area is 288 Å². The lowest BCUT2D eigenvalue weighted by atomic mass is 9.70. The van der Waals surface area contributed by atoms with Gasteiger partial charge in [-0.05, 0) is 69.3 Å². The topological polar surface area (TPSA) is 36.1 Å². The van der Waals surface area contributed by atoms with Crippen LogP contribution in [0, 0.1) is 0 Å².